The van der Waals surface area contributed by atoms with Gasteiger partial charge in [-0.1, -0.05) is 12.1 Å². The van der Waals surface area contributed by atoms with E-state index in [-0.39, 0.29) is 11.9 Å². The summed E-state index contributed by atoms with van der Waals surface area (Å²) in [6.07, 6.45) is 0. The molecule has 0 saturated heterocycles. The molecule has 2 nitrogen and oxygen atoms in total. The van der Waals surface area contributed by atoms with Gasteiger partial charge >= 0.3 is 0 Å². The van der Waals surface area contributed by atoms with Crippen LogP contribution in [0.25, 0.3) is 0 Å². The molecule has 0 amide bonds. The van der Waals surface area contributed by atoms with Gasteiger partial charge in [0.05, 0.1) is 13.2 Å². The molecule has 20 heavy (non-hydrogen) atoms. The van der Waals surface area contributed by atoms with Crippen molar-refractivity contribution in [2.45, 2.75) is 19.9 Å². The summed E-state index contributed by atoms with van der Waals surface area (Å²) in [5.74, 6) is 0.643. The summed E-state index contributed by atoms with van der Waals surface area (Å²) in [4.78, 5) is 0. The first-order valence-electron chi connectivity index (χ1n) is 6.64. The summed E-state index contributed by atoms with van der Waals surface area (Å²) in [5, 5.41) is 3.31. The van der Waals surface area contributed by atoms with Crippen LogP contribution in [0.3, 0.4) is 0 Å². The second kappa shape index (κ2) is 6.06. The number of ether oxygens (including phenoxy) is 1. The van der Waals surface area contributed by atoms with Crippen molar-refractivity contribution in [2.24, 2.45) is 0 Å². The lowest BCUT2D eigenvalue weighted by atomic mass is 9.92. The monoisotopic (exact) mass is 273 g/mol. The molecule has 106 valence electrons. The summed E-state index contributed by atoms with van der Waals surface area (Å²) in [6, 6.07) is 11.0. The minimum atomic E-state index is -0.201. The van der Waals surface area contributed by atoms with E-state index in [1.165, 1.54) is 11.6 Å². The van der Waals surface area contributed by atoms with Gasteiger partial charge in [0.1, 0.15) is 11.6 Å². The lowest BCUT2D eigenvalue weighted by Crippen LogP contribution is -2.19. The zero-order chi connectivity index (χ0) is 14.7. The van der Waals surface area contributed by atoms with Crippen LogP contribution in [-0.4, -0.2) is 14.2 Å². The van der Waals surface area contributed by atoms with Crippen molar-refractivity contribution < 1.29 is 9.13 Å². The Balaban J connectivity index is 2.47. The Morgan fingerprint density at radius 2 is 1.60 bits per heavy atom. The molecule has 3 heteroatoms. The highest BCUT2D eigenvalue weighted by molar-refractivity contribution is 5.43. The van der Waals surface area contributed by atoms with Gasteiger partial charge in [0.15, 0.2) is 0 Å². The smallest absolute Gasteiger partial charge is 0.123 e. The number of hydrogen-bond acceptors (Lipinski definition) is 2. The molecule has 0 fully saturated rings. The van der Waals surface area contributed by atoms with Crippen molar-refractivity contribution in [2.75, 3.05) is 14.2 Å². The van der Waals surface area contributed by atoms with Crippen molar-refractivity contribution in [3.8, 4) is 5.75 Å². The Kier molecular flexibility index (Phi) is 4.40. The van der Waals surface area contributed by atoms with E-state index in [4.69, 9.17) is 4.74 Å². The molecule has 0 saturated carbocycles. The van der Waals surface area contributed by atoms with Crippen molar-refractivity contribution >= 4 is 0 Å². The molecule has 1 N–H and O–H groups in total. The Morgan fingerprint density at radius 3 is 2.10 bits per heavy atom. The molecular weight excluding hydrogens is 253 g/mol. The second-order valence-corrected chi connectivity index (χ2v) is 4.95. The van der Waals surface area contributed by atoms with Gasteiger partial charge in [-0.15, -0.1) is 0 Å². The maximum absolute atomic E-state index is 13.3. The number of hydrogen-bond donors (Lipinski definition) is 1. The van der Waals surface area contributed by atoms with Gasteiger partial charge in [-0.05, 0) is 67.4 Å². The first-order valence-corrected chi connectivity index (χ1v) is 6.64. The van der Waals surface area contributed by atoms with E-state index in [1.807, 2.05) is 32.2 Å². The zero-order valence-electron chi connectivity index (χ0n) is 12.3. The third kappa shape index (κ3) is 2.83. The number of halogens is 1. The van der Waals surface area contributed by atoms with E-state index >= 15 is 0 Å². The van der Waals surface area contributed by atoms with Gasteiger partial charge in [0.2, 0.25) is 0 Å². The first kappa shape index (κ1) is 14.5. The highest BCUT2D eigenvalue weighted by Gasteiger charge is 2.16. The summed E-state index contributed by atoms with van der Waals surface area (Å²) in [7, 11) is 3.57. The van der Waals surface area contributed by atoms with Crippen molar-refractivity contribution in [1.29, 1.82) is 0 Å². The molecule has 1 atom stereocenters. The molecule has 2 rings (SSSR count). The molecule has 2 aromatic rings. The molecule has 0 radical (unpaired) electrons. The van der Waals surface area contributed by atoms with Gasteiger partial charge < -0.3 is 10.1 Å². The number of benzene rings is 2. The predicted octanol–water partition coefficient (Wildman–Crippen LogP) is 3.76. The van der Waals surface area contributed by atoms with Crippen LogP contribution in [0.15, 0.2) is 36.4 Å². The van der Waals surface area contributed by atoms with E-state index < -0.39 is 0 Å². The topological polar surface area (TPSA) is 21.3 Å². The summed E-state index contributed by atoms with van der Waals surface area (Å²) >= 11 is 0. The SMILES string of the molecule is CNC(c1ccc(F)cc1C)c1ccc(OC)cc1C. The molecule has 0 aliphatic rings. The quantitative estimate of drug-likeness (QED) is 0.915. The summed E-state index contributed by atoms with van der Waals surface area (Å²) in [5.41, 5.74) is 4.34. The van der Waals surface area contributed by atoms with Gasteiger partial charge in [0, 0.05) is 0 Å². The van der Waals surface area contributed by atoms with Crippen LogP contribution in [0.4, 0.5) is 4.39 Å². The summed E-state index contributed by atoms with van der Waals surface area (Å²) in [6.45, 7) is 3.99. The maximum atomic E-state index is 13.3. The molecule has 0 aliphatic carbocycles. The van der Waals surface area contributed by atoms with Crippen molar-refractivity contribution in [1.82, 2.24) is 5.32 Å². The van der Waals surface area contributed by atoms with Gasteiger partial charge in [-0.2, -0.15) is 0 Å². The van der Waals surface area contributed by atoms with E-state index in [9.17, 15) is 4.39 Å². The molecule has 0 heterocycles. The Bertz CT molecular complexity index is 610. The fourth-order valence-electron chi connectivity index (χ4n) is 2.54. The minimum absolute atomic E-state index is 0.0431. The van der Waals surface area contributed by atoms with Crippen molar-refractivity contribution in [3.05, 3.63) is 64.5 Å². The fraction of sp³-hybridized carbons (Fsp3) is 0.294. The lowest BCUT2D eigenvalue weighted by Gasteiger charge is -2.21. The predicted molar refractivity (Wildman–Crippen MR) is 79.8 cm³/mol. The summed E-state index contributed by atoms with van der Waals surface area (Å²) < 4.78 is 18.5. The van der Waals surface area contributed by atoms with Crippen LogP contribution in [0.5, 0.6) is 5.75 Å². The molecule has 0 aromatic heterocycles. The van der Waals surface area contributed by atoms with Crippen LogP contribution < -0.4 is 10.1 Å². The maximum Gasteiger partial charge on any atom is 0.123 e. The number of aryl methyl sites for hydroxylation is 2. The van der Waals surface area contributed by atoms with Gasteiger partial charge in [-0.3, -0.25) is 0 Å². The molecule has 0 spiro atoms. The van der Waals surface area contributed by atoms with E-state index in [1.54, 1.807) is 13.2 Å². The Morgan fingerprint density at radius 1 is 1.00 bits per heavy atom. The molecule has 0 bridgehead atoms. The van der Waals surface area contributed by atoms with Gasteiger partial charge in [-0.25, -0.2) is 4.39 Å². The third-order valence-electron chi connectivity index (χ3n) is 3.62. The number of rotatable bonds is 4. The van der Waals surface area contributed by atoms with Crippen LogP contribution in [0, 0.1) is 19.7 Å². The number of methoxy groups -OCH3 is 1. The largest absolute Gasteiger partial charge is 0.497 e. The van der Waals surface area contributed by atoms with Crippen LogP contribution in [0.1, 0.15) is 28.3 Å². The average molecular weight is 273 g/mol. The van der Waals surface area contributed by atoms with E-state index in [0.717, 1.165) is 22.4 Å². The van der Waals surface area contributed by atoms with E-state index in [2.05, 4.69) is 18.3 Å². The number of nitrogens with one attached hydrogen (secondary N) is 1. The molecule has 1 unspecified atom stereocenters. The zero-order valence-corrected chi connectivity index (χ0v) is 12.3. The fourth-order valence-corrected chi connectivity index (χ4v) is 2.54. The average Bonchev–Trinajstić information content (AvgIpc) is 2.43. The van der Waals surface area contributed by atoms with E-state index in [0.29, 0.717) is 0 Å². The molecule has 2 aromatic carbocycles. The van der Waals surface area contributed by atoms with Crippen LogP contribution >= 0.6 is 0 Å². The standard InChI is InChI=1S/C17H20FNO/c1-11-9-13(18)5-7-15(11)17(19-3)16-8-6-14(20-4)10-12(16)2/h5-10,17,19H,1-4H3. The first-order chi connectivity index (χ1) is 9.56. The minimum Gasteiger partial charge on any atom is -0.497 e. The lowest BCUT2D eigenvalue weighted by molar-refractivity contribution is 0.414. The van der Waals surface area contributed by atoms with Gasteiger partial charge in [0.25, 0.3) is 0 Å². The molecular formula is C17H20FNO. The second-order valence-electron chi connectivity index (χ2n) is 4.95. The Labute approximate surface area is 119 Å². The third-order valence-corrected chi connectivity index (χ3v) is 3.62. The van der Waals surface area contributed by atoms with Crippen LogP contribution in [-0.2, 0) is 0 Å². The van der Waals surface area contributed by atoms with Crippen LogP contribution in [0.2, 0.25) is 0 Å². The normalized spacial score (nSPS) is 12.2. The molecule has 0 aliphatic heterocycles. The highest BCUT2D eigenvalue weighted by Crippen LogP contribution is 2.29. The Hall–Kier alpha value is -1.87. The van der Waals surface area contributed by atoms with Crippen molar-refractivity contribution in [3.63, 3.8) is 0 Å². The highest BCUT2D eigenvalue weighted by atomic mass is 19.1.